The highest BCUT2D eigenvalue weighted by atomic mass is 32.2. The molecule has 3 aromatic heterocycles. The van der Waals surface area contributed by atoms with Crippen LogP contribution in [0.15, 0.2) is 56.9 Å². The molecule has 1 fully saturated rings. The van der Waals surface area contributed by atoms with E-state index in [2.05, 4.69) is 15.1 Å². The molecular formula is C23H22N4O5S. The van der Waals surface area contributed by atoms with E-state index in [0.717, 1.165) is 0 Å². The second-order valence-electron chi connectivity index (χ2n) is 7.87. The molecular weight excluding hydrogens is 444 g/mol. The fourth-order valence-corrected chi connectivity index (χ4v) is 5.69. The zero-order chi connectivity index (χ0) is 23.2. The number of pyridine rings is 2. The Kier molecular flexibility index (Phi) is 5.35. The summed E-state index contributed by atoms with van der Waals surface area (Å²) < 4.78 is 38.7. The molecule has 5 rings (SSSR count). The van der Waals surface area contributed by atoms with E-state index in [1.807, 2.05) is 6.07 Å². The van der Waals surface area contributed by atoms with Gasteiger partial charge in [-0.3, -0.25) is 9.78 Å². The van der Waals surface area contributed by atoms with Crippen molar-refractivity contribution in [1.82, 2.24) is 19.4 Å². The van der Waals surface area contributed by atoms with Gasteiger partial charge in [-0.05, 0) is 38.1 Å². The number of hydrogen-bond acceptors (Lipinski definition) is 7. The summed E-state index contributed by atoms with van der Waals surface area (Å²) >= 11 is 0. The molecule has 1 aromatic carbocycles. The van der Waals surface area contributed by atoms with Crippen LogP contribution in [-0.2, 0) is 14.8 Å². The highest BCUT2D eigenvalue weighted by Gasteiger charge is 2.28. The SMILES string of the molecule is Cc1noc(C)c1-c1c(-c2cccnc2)c2cc(S(=O)(=O)N3CCOCC3)ccc2[nH]c1=O. The van der Waals surface area contributed by atoms with Gasteiger partial charge in [0.15, 0.2) is 0 Å². The average molecular weight is 467 g/mol. The van der Waals surface area contributed by atoms with Gasteiger partial charge in [-0.1, -0.05) is 11.2 Å². The van der Waals surface area contributed by atoms with Crippen molar-refractivity contribution in [1.29, 1.82) is 0 Å². The van der Waals surface area contributed by atoms with E-state index >= 15 is 0 Å². The molecule has 1 saturated heterocycles. The van der Waals surface area contributed by atoms with Gasteiger partial charge < -0.3 is 14.2 Å². The smallest absolute Gasteiger partial charge is 0.257 e. The first-order valence-corrected chi connectivity index (χ1v) is 11.9. The van der Waals surface area contributed by atoms with Crippen LogP contribution in [0.25, 0.3) is 33.2 Å². The molecule has 33 heavy (non-hydrogen) atoms. The van der Waals surface area contributed by atoms with E-state index in [4.69, 9.17) is 9.26 Å². The van der Waals surface area contributed by atoms with Gasteiger partial charge in [0.2, 0.25) is 10.0 Å². The standard InChI is InChI=1S/C23H22N4O5S/c1-14-20(15(2)32-26-14)22-21(16-4-3-7-24-13-16)18-12-17(5-6-19(18)25-23(22)28)33(29,30)27-8-10-31-11-9-27/h3-7,12-13H,8-11H2,1-2H3,(H,25,28). The highest BCUT2D eigenvalue weighted by molar-refractivity contribution is 7.89. The van der Waals surface area contributed by atoms with E-state index in [-0.39, 0.29) is 10.5 Å². The number of aromatic nitrogens is 3. The van der Waals surface area contributed by atoms with Crippen LogP contribution < -0.4 is 5.56 Å². The van der Waals surface area contributed by atoms with Gasteiger partial charge in [0.1, 0.15) is 5.76 Å². The third-order valence-electron chi connectivity index (χ3n) is 5.83. The Bertz CT molecular complexity index is 1480. The van der Waals surface area contributed by atoms with Crippen LogP contribution in [-0.4, -0.2) is 54.2 Å². The maximum atomic E-state index is 13.3. The van der Waals surface area contributed by atoms with Gasteiger partial charge in [0.25, 0.3) is 5.56 Å². The summed E-state index contributed by atoms with van der Waals surface area (Å²) in [6, 6.07) is 8.37. The topological polar surface area (TPSA) is 118 Å². The number of nitrogens with one attached hydrogen (secondary N) is 1. The van der Waals surface area contributed by atoms with Crippen LogP contribution in [0.3, 0.4) is 0 Å². The molecule has 1 N–H and O–H groups in total. The molecule has 0 bridgehead atoms. The number of morpholine rings is 1. The molecule has 4 aromatic rings. The quantitative estimate of drug-likeness (QED) is 0.491. The summed E-state index contributed by atoms with van der Waals surface area (Å²) in [4.78, 5) is 20.5. The highest BCUT2D eigenvalue weighted by Crippen LogP contribution is 2.38. The van der Waals surface area contributed by atoms with Gasteiger partial charge in [0.05, 0.1) is 34.9 Å². The molecule has 0 saturated carbocycles. The van der Waals surface area contributed by atoms with Crippen molar-refractivity contribution in [2.45, 2.75) is 18.7 Å². The Labute approximate surface area is 190 Å². The number of fused-ring (bicyclic) bond motifs is 1. The van der Waals surface area contributed by atoms with Crippen LogP contribution in [0.4, 0.5) is 0 Å². The number of nitrogens with zero attached hydrogens (tertiary/aromatic N) is 3. The van der Waals surface area contributed by atoms with E-state index in [9.17, 15) is 13.2 Å². The Balaban J connectivity index is 1.83. The van der Waals surface area contributed by atoms with Crippen molar-refractivity contribution < 1.29 is 17.7 Å². The maximum absolute atomic E-state index is 13.3. The van der Waals surface area contributed by atoms with E-state index in [1.54, 1.807) is 44.4 Å². The number of aromatic amines is 1. The second-order valence-corrected chi connectivity index (χ2v) is 9.81. The molecule has 0 radical (unpaired) electrons. The summed E-state index contributed by atoms with van der Waals surface area (Å²) in [7, 11) is -3.73. The van der Waals surface area contributed by atoms with E-state index < -0.39 is 10.0 Å². The van der Waals surface area contributed by atoms with Crippen LogP contribution in [0, 0.1) is 13.8 Å². The summed E-state index contributed by atoms with van der Waals surface area (Å²) in [6.07, 6.45) is 3.29. The zero-order valence-corrected chi connectivity index (χ0v) is 19.0. The van der Waals surface area contributed by atoms with E-state index in [0.29, 0.717) is 70.9 Å². The third-order valence-corrected chi connectivity index (χ3v) is 7.72. The minimum atomic E-state index is -3.73. The van der Waals surface area contributed by atoms with Crippen molar-refractivity contribution in [3.05, 3.63) is 64.5 Å². The van der Waals surface area contributed by atoms with Crippen molar-refractivity contribution >= 4 is 20.9 Å². The molecule has 10 heteroatoms. The van der Waals surface area contributed by atoms with Crippen molar-refractivity contribution in [3.63, 3.8) is 0 Å². The predicted molar refractivity (Wildman–Crippen MR) is 122 cm³/mol. The first-order chi connectivity index (χ1) is 15.9. The number of rotatable bonds is 4. The molecule has 0 aliphatic carbocycles. The number of ether oxygens (including phenoxy) is 1. The van der Waals surface area contributed by atoms with Gasteiger partial charge in [-0.25, -0.2) is 8.42 Å². The molecule has 0 unspecified atom stereocenters. The number of benzene rings is 1. The lowest BCUT2D eigenvalue weighted by Crippen LogP contribution is -2.40. The number of sulfonamides is 1. The monoisotopic (exact) mass is 466 g/mol. The van der Waals surface area contributed by atoms with Crippen LogP contribution in [0.1, 0.15) is 11.5 Å². The average Bonchev–Trinajstić information content (AvgIpc) is 3.16. The van der Waals surface area contributed by atoms with Gasteiger partial charge in [-0.15, -0.1) is 0 Å². The molecule has 0 atom stereocenters. The Morgan fingerprint density at radius 1 is 1.06 bits per heavy atom. The molecule has 1 aliphatic heterocycles. The summed E-state index contributed by atoms with van der Waals surface area (Å²) in [6.45, 7) is 4.82. The van der Waals surface area contributed by atoms with Crippen molar-refractivity contribution in [2.24, 2.45) is 0 Å². The summed E-state index contributed by atoms with van der Waals surface area (Å²) in [5.41, 5.74) is 2.99. The lowest BCUT2D eigenvalue weighted by atomic mass is 9.92. The molecule has 1 aliphatic rings. The minimum absolute atomic E-state index is 0.152. The van der Waals surface area contributed by atoms with E-state index in [1.165, 1.54) is 10.4 Å². The second kappa shape index (κ2) is 8.22. The van der Waals surface area contributed by atoms with Crippen molar-refractivity contribution in [3.8, 4) is 22.3 Å². The Morgan fingerprint density at radius 3 is 2.52 bits per heavy atom. The van der Waals surface area contributed by atoms with Crippen LogP contribution in [0.5, 0.6) is 0 Å². The first kappa shape index (κ1) is 21.5. The van der Waals surface area contributed by atoms with Gasteiger partial charge in [-0.2, -0.15) is 4.31 Å². The number of hydrogen-bond donors (Lipinski definition) is 1. The molecule has 9 nitrogen and oxygen atoms in total. The Hall–Kier alpha value is -3.34. The van der Waals surface area contributed by atoms with Gasteiger partial charge in [0, 0.05) is 47.5 Å². The lowest BCUT2D eigenvalue weighted by molar-refractivity contribution is 0.0730. The lowest BCUT2D eigenvalue weighted by Gasteiger charge is -2.26. The van der Waals surface area contributed by atoms with Crippen molar-refractivity contribution in [2.75, 3.05) is 26.3 Å². The van der Waals surface area contributed by atoms with Crippen LogP contribution in [0.2, 0.25) is 0 Å². The largest absolute Gasteiger partial charge is 0.379 e. The minimum Gasteiger partial charge on any atom is -0.379 e. The van der Waals surface area contributed by atoms with Crippen LogP contribution >= 0.6 is 0 Å². The summed E-state index contributed by atoms with van der Waals surface area (Å²) in [5.74, 6) is 0.500. The molecule has 0 amide bonds. The fraction of sp³-hybridized carbons (Fsp3) is 0.261. The Morgan fingerprint density at radius 2 is 1.85 bits per heavy atom. The maximum Gasteiger partial charge on any atom is 0.257 e. The number of aryl methyl sites for hydroxylation is 2. The molecule has 0 spiro atoms. The fourth-order valence-electron chi connectivity index (χ4n) is 4.26. The predicted octanol–water partition coefficient (Wildman–Crippen LogP) is 2.88. The summed E-state index contributed by atoms with van der Waals surface area (Å²) in [5, 5.41) is 4.60. The normalized spacial score (nSPS) is 15.2. The third kappa shape index (κ3) is 3.65. The molecule has 4 heterocycles. The molecule has 170 valence electrons. The zero-order valence-electron chi connectivity index (χ0n) is 18.2. The number of H-pyrrole nitrogens is 1. The first-order valence-electron chi connectivity index (χ1n) is 10.5. The van der Waals surface area contributed by atoms with Gasteiger partial charge >= 0.3 is 0 Å².